The van der Waals surface area contributed by atoms with Crippen LogP contribution in [0.2, 0.25) is 0 Å². The second-order valence-electron chi connectivity index (χ2n) is 16.7. The van der Waals surface area contributed by atoms with Crippen LogP contribution in [0.5, 0.6) is 0 Å². The van der Waals surface area contributed by atoms with Crippen LogP contribution in [0.25, 0.3) is 20.4 Å². The average Bonchev–Trinajstić information content (AvgIpc) is 3.84. The third-order valence-electron chi connectivity index (χ3n) is 9.53. The summed E-state index contributed by atoms with van der Waals surface area (Å²) in [4.78, 5) is 46.2. The monoisotopic (exact) mass is 1110 g/mol. The molecule has 8 rings (SSSR count). The first kappa shape index (κ1) is 53.9. The van der Waals surface area contributed by atoms with Gasteiger partial charge in [0, 0.05) is 52.6 Å². The van der Waals surface area contributed by atoms with Gasteiger partial charge in [-0.1, -0.05) is 82.3 Å². The molecule has 2 N–H and O–H groups in total. The normalized spacial score (nSPS) is 14.6. The summed E-state index contributed by atoms with van der Waals surface area (Å²) >= 11 is 9.02. The van der Waals surface area contributed by atoms with Crippen LogP contribution in [0.3, 0.4) is 0 Å². The van der Waals surface area contributed by atoms with E-state index < -0.39 is 5.60 Å². The highest BCUT2D eigenvalue weighted by molar-refractivity contribution is 14.1. The molecule has 0 aliphatic carbocycles. The van der Waals surface area contributed by atoms with Gasteiger partial charge in [0.1, 0.15) is 45.2 Å². The summed E-state index contributed by atoms with van der Waals surface area (Å²) < 4.78 is 12.3. The molecule has 0 saturated carbocycles. The Labute approximate surface area is 415 Å². The number of benzene rings is 2. The molecule has 2 aliphatic heterocycles. The quantitative estimate of drug-likeness (QED) is 0.118. The number of alkyl halides is 1. The van der Waals surface area contributed by atoms with Crippen LogP contribution in [-0.4, -0.2) is 83.2 Å². The van der Waals surface area contributed by atoms with Gasteiger partial charge in [-0.2, -0.15) is 27.0 Å². The van der Waals surface area contributed by atoms with E-state index in [1.807, 2.05) is 70.5 Å². The molecule has 6 aromatic rings. The van der Waals surface area contributed by atoms with Crippen LogP contribution in [-0.2, 0) is 9.47 Å². The van der Waals surface area contributed by atoms with E-state index in [-0.39, 0.29) is 64.3 Å². The lowest BCUT2D eigenvalue weighted by molar-refractivity contribution is 0.00806. The van der Waals surface area contributed by atoms with E-state index in [1.54, 1.807) is 45.1 Å². The Kier molecular flexibility index (Phi) is 20.2. The molecule has 0 bridgehead atoms. The number of nitrogens with zero attached hydrogens (tertiary/aromatic N) is 6. The number of rotatable bonds is 7. The van der Waals surface area contributed by atoms with E-state index in [0.717, 1.165) is 49.6 Å². The minimum absolute atomic E-state index is 0. The Balaban J connectivity index is 0.000000269. The zero-order valence-electron chi connectivity index (χ0n) is 36.1. The molecule has 0 spiro atoms. The maximum Gasteiger partial charge on any atom is 0.410 e. The van der Waals surface area contributed by atoms with Gasteiger partial charge in [0.05, 0.1) is 10.8 Å². The average molecular weight is 1110 g/mol. The van der Waals surface area contributed by atoms with Gasteiger partial charge in [0.25, 0.3) is 0 Å². The van der Waals surface area contributed by atoms with E-state index in [4.69, 9.17) is 9.47 Å². The van der Waals surface area contributed by atoms with E-state index >= 15 is 0 Å². The Morgan fingerprint density at radius 3 is 1.48 bits per heavy atom. The third-order valence-corrected chi connectivity index (χ3v) is 12.5. The van der Waals surface area contributed by atoms with Crippen molar-refractivity contribution in [2.24, 2.45) is 0 Å². The first-order chi connectivity index (χ1) is 28.4. The molecule has 2 fully saturated rings. The molecule has 18 heteroatoms. The van der Waals surface area contributed by atoms with Gasteiger partial charge in [0.2, 0.25) is 0 Å². The Morgan fingerprint density at radius 2 is 1.08 bits per heavy atom. The summed E-state index contributed by atoms with van der Waals surface area (Å²) in [6.07, 6.45) is 2.79. The van der Waals surface area contributed by atoms with Crippen molar-refractivity contribution in [2.75, 3.05) is 36.8 Å². The number of nitrogens with one attached hydrogen (secondary N) is 2. The SMILES string of the molecule is C.CC(C)(C)OC(=O)N1CC(I)C1.C[C@H](Nc1ncnc2sccc12)c1ccc(Br)cc1.C[C@H](Nc1ncnc2sccc12)c1ccc(C2CN(C(=O)OC(C)(C)C)C2)cc1.S.S. The molecule has 0 unspecified atom stereocenters. The maximum atomic E-state index is 12.1. The Bertz CT molecular complexity index is 2360. The minimum Gasteiger partial charge on any atom is -0.444 e. The minimum atomic E-state index is -0.453. The summed E-state index contributed by atoms with van der Waals surface area (Å²) in [5.74, 6) is 2.12. The Hall–Kier alpha value is -3.43. The number of aromatic nitrogens is 4. The second-order valence-corrected chi connectivity index (χ2v) is 21.2. The molecule has 2 aliphatic rings. The molecule has 2 amide bonds. The van der Waals surface area contributed by atoms with Gasteiger partial charge in [-0.25, -0.2) is 29.5 Å². The molecule has 6 heterocycles. The maximum absolute atomic E-state index is 12.1. The first-order valence-corrected chi connectivity index (χ1v) is 23.6. The number of likely N-dealkylation sites (tertiary alicyclic amines) is 2. The lowest BCUT2D eigenvalue weighted by Gasteiger charge is -2.40. The second kappa shape index (κ2) is 23.7. The molecule has 2 saturated heterocycles. The largest absolute Gasteiger partial charge is 0.444 e. The number of halogens is 2. The van der Waals surface area contributed by atoms with Crippen LogP contribution in [0, 0.1) is 0 Å². The fraction of sp³-hybridized carbons (Fsp3) is 0.422. The number of amides is 2. The standard InChI is InChI=1S/C22H26N4O2S.C14H12BrN3S.C8H14INO2.CH4.2H2S/c1-14(25-19-18-9-10-29-20(18)24-13-23-19)15-5-7-16(8-6-15)17-11-26(12-17)21(27)28-22(2,3)4;1-9(10-2-4-11(15)5-3-10)18-13-12-6-7-19-14(12)17-8-16-13;1-8(2,3)12-7(11)10-4-6(9)5-10;;;/h5-10,13-14,17H,11-12H2,1-4H3,(H,23,24,25);2-9H,1H3,(H,16,17,18);6H,4-5H2,1-3H3;1H4;2*1H2/t14-;9-;;;;/m00..../s1. The fourth-order valence-electron chi connectivity index (χ4n) is 6.26. The van der Waals surface area contributed by atoms with Crippen molar-refractivity contribution >= 4 is 132 Å². The summed E-state index contributed by atoms with van der Waals surface area (Å²) in [7, 11) is 0. The number of carbonyl (C=O) groups excluding carboxylic acids is 2. The molecule has 2 atom stereocenters. The van der Waals surface area contributed by atoms with Gasteiger partial charge < -0.3 is 29.9 Å². The van der Waals surface area contributed by atoms with Crippen molar-refractivity contribution in [1.29, 1.82) is 0 Å². The summed E-state index contributed by atoms with van der Waals surface area (Å²) in [6.45, 7) is 18.6. The van der Waals surface area contributed by atoms with Crippen molar-refractivity contribution in [2.45, 2.75) is 95.9 Å². The summed E-state index contributed by atoms with van der Waals surface area (Å²) in [5, 5.41) is 13.1. The zero-order valence-corrected chi connectivity index (χ0v) is 43.5. The summed E-state index contributed by atoms with van der Waals surface area (Å²) in [6, 6.07) is 21.3. The number of fused-ring (bicyclic) bond motifs is 2. The predicted molar refractivity (Wildman–Crippen MR) is 283 cm³/mol. The van der Waals surface area contributed by atoms with Gasteiger partial charge in [-0.05, 0) is 107 Å². The van der Waals surface area contributed by atoms with Crippen LogP contribution in [0.1, 0.15) is 97.5 Å². The summed E-state index contributed by atoms with van der Waals surface area (Å²) in [5.41, 5.74) is 2.85. The van der Waals surface area contributed by atoms with Crippen LogP contribution >= 0.6 is 88.2 Å². The smallest absolute Gasteiger partial charge is 0.410 e. The number of hydrogen-bond acceptors (Lipinski definition) is 12. The van der Waals surface area contributed by atoms with Crippen molar-refractivity contribution in [3.05, 3.63) is 105 Å². The van der Waals surface area contributed by atoms with Gasteiger partial charge >= 0.3 is 12.2 Å². The van der Waals surface area contributed by atoms with Gasteiger partial charge in [0.15, 0.2) is 0 Å². The molecule has 342 valence electrons. The van der Waals surface area contributed by atoms with Crippen molar-refractivity contribution in [3.63, 3.8) is 0 Å². The van der Waals surface area contributed by atoms with Gasteiger partial charge in [-0.3, -0.25) is 0 Å². The molecular formula is C45H60BrIN8O4S4. The van der Waals surface area contributed by atoms with Crippen LogP contribution in [0.15, 0.2) is 88.6 Å². The lowest BCUT2D eigenvalue weighted by atomic mass is 9.90. The Morgan fingerprint density at radius 1 is 0.683 bits per heavy atom. The number of thiophene rings is 2. The van der Waals surface area contributed by atoms with Crippen molar-refractivity contribution in [1.82, 2.24) is 29.7 Å². The fourth-order valence-corrected chi connectivity index (χ4v) is 8.94. The van der Waals surface area contributed by atoms with E-state index in [1.165, 1.54) is 16.7 Å². The lowest BCUT2D eigenvalue weighted by Crippen LogP contribution is -2.52. The zero-order chi connectivity index (χ0) is 43.2. The van der Waals surface area contributed by atoms with E-state index in [9.17, 15) is 9.59 Å². The van der Waals surface area contributed by atoms with Crippen LogP contribution < -0.4 is 10.6 Å². The predicted octanol–water partition coefficient (Wildman–Crippen LogP) is 12.7. The highest BCUT2D eigenvalue weighted by Gasteiger charge is 2.35. The van der Waals surface area contributed by atoms with Crippen molar-refractivity contribution in [3.8, 4) is 0 Å². The molecular weight excluding hydrogens is 1050 g/mol. The third kappa shape index (κ3) is 15.3. The topological polar surface area (TPSA) is 135 Å². The van der Waals surface area contributed by atoms with E-state index in [0.29, 0.717) is 22.9 Å². The van der Waals surface area contributed by atoms with Gasteiger partial charge in [-0.15, -0.1) is 22.7 Å². The molecule has 2 aromatic carbocycles. The number of ether oxygens (including phenoxy) is 2. The number of hydrogen-bond donors (Lipinski definition) is 2. The van der Waals surface area contributed by atoms with E-state index in [2.05, 4.69) is 125 Å². The number of carbonyl (C=O) groups is 2. The molecule has 4 aromatic heterocycles. The highest BCUT2D eigenvalue weighted by Crippen LogP contribution is 2.32. The molecule has 0 radical (unpaired) electrons. The number of anilines is 2. The molecule has 63 heavy (non-hydrogen) atoms. The van der Waals surface area contributed by atoms with Crippen molar-refractivity contribution < 1.29 is 19.1 Å². The molecule has 12 nitrogen and oxygen atoms in total. The highest BCUT2D eigenvalue weighted by atomic mass is 127. The first-order valence-electron chi connectivity index (χ1n) is 19.8. The van der Waals surface area contributed by atoms with Crippen LogP contribution in [0.4, 0.5) is 21.2 Å².